The lowest BCUT2D eigenvalue weighted by molar-refractivity contribution is -0.140. The monoisotopic (exact) mass is 461 g/mol. The molecule has 0 bridgehead atoms. The van der Waals surface area contributed by atoms with Gasteiger partial charge in [0.1, 0.15) is 0 Å². The van der Waals surface area contributed by atoms with Crippen LogP contribution in [0.5, 0.6) is 0 Å². The molecule has 0 aromatic heterocycles. The second-order valence-corrected chi connectivity index (χ2v) is 10.9. The van der Waals surface area contributed by atoms with E-state index in [1.165, 1.54) is 15.3 Å². The Morgan fingerprint density at radius 1 is 0.938 bits per heavy atom. The Bertz CT molecular complexity index is 961. The first kappa shape index (κ1) is 22.9. The third-order valence-electron chi connectivity index (χ3n) is 6.82. The Balaban J connectivity index is 1.37. The Kier molecular flexibility index (Phi) is 6.95. The lowest BCUT2D eigenvalue weighted by Crippen LogP contribution is -2.34. The van der Waals surface area contributed by atoms with Crippen molar-refractivity contribution in [1.82, 2.24) is 9.21 Å². The van der Waals surface area contributed by atoms with E-state index in [4.69, 9.17) is 0 Å². The van der Waals surface area contributed by atoms with Crippen LogP contribution >= 0.6 is 0 Å². The second-order valence-electron chi connectivity index (χ2n) is 8.97. The number of imide groups is 1. The van der Waals surface area contributed by atoms with E-state index in [0.717, 1.165) is 51.4 Å². The van der Waals surface area contributed by atoms with Crippen molar-refractivity contribution in [2.24, 2.45) is 11.8 Å². The number of hydrogen-bond acceptors (Lipinski definition) is 5. The molecule has 2 aliphatic heterocycles. The highest BCUT2D eigenvalue weighted by molar-refractivity contribution is 7.89. The molecule has 0 unspecified atom stereocenters. The molecule has 9 heteroatoms. The number of carbonyl (C=O) groups excluding carboxylic acids is 3. The van der Waals surface area contributed by atoms with Gasteiger partial charge >= 0.3 is 0 Å². The number of benzene rings is 1. The van der Waals surface area contributed by atoms with Gasteiger partial charge in [-0.3, -0.25) is 19.3 Å². The van der Waals surface area contributed by atoms with E-state index < -0.39 is 10.0 Å². The number of nitrogens with one attached hydrogen (secondary N) is 1. The van der Waals surface area contributed by atoms with Gasteiger partial charge in [0.25, 0.3) is 0 Å². The van der Waals surface area contributed by atoms with Gasteiger partial charge in [0.15, 0.2) is 0 Å². The molecule has 3 amide bonds. The van der Waals surface area contributed by atoms with Crippen LogP contribution in [0.3, 0.4) is 0 Å². The molecule has 1 aromatic carbocycles. The SMILES string of the molecule is O=C(CCN1C(=O)[C@@H]2CCCC[C@H]2C1=O)Nc1cccc(S(=O)(=O)N2CCCCCC2)c1. The van der Waals surface area contributed by atoms with Crippen molar-refractivity contribution in [2.45, 2.75) is 62.7 Å². The Morgan fingerprint density at radius 3 is 2.19 bits per heavy atom. The number of fused-ring (bicyclic) bond motifs is 1. The highest BCUT2D eigenvalue weighted by Crippen LogP contribution is 2.38. The fourth-order valence-corrected chi connectivity index (χ4v) is 6.62. The van der Waals surface area contributed by atoms with E-state index in [9.17, 15) is 22.8 Å². The van der Waals surface area contributed by atoms with Crippen LogP contribution in [0, 0.1) is 11.8 Å². The molecule has 1 N–H and O–H groups in total. The van der Waals surface area contributed by atoms with E-state index in [1.807, 2.05) is 0 Å². The van der Waals surface area contributed by atoms with Crippen LogP contribution in [-0.4, -0.2) is 55.0 Å². The molecule has 2 atom stereocenters. The molecule has 3 aliphatic rings. The molecule has 2 heterocycles. The predicted octanol–water partition coefficient (Wildman–Crippen LogP) is 2.76. The van der Waals surface area contributed by atoms with Gasteiger partial charge in [-0.1, -0.05) is 31.7 Å². The van der Waals surface area contributed by atoms with Crippen molar-refractivity contribution >= 4 is 33.4 Å². The first-order valence-electron chi connectivity index (χ1n) is 11.6. The molecule has 0 spiro atoms. The smallest absolute Gasteiger partial charge is 0.243 e. The number of rotatable bonds is 6. The Hall–Kier alpha value is -2.26. The highest BCUT2D eigenvalue weighted by atomic mass is 32.2. The van der Waals surface area contributed by atoms with Crippen LogP contribution in [0.2, 0.25) is 0 Å². The van der Waals surface area contributed by atoms with E-state index in [2.05, 4.69) is 5.32 Å². The van der Waals surface area contributed by atoms with Crippen LogP contribution in [0.4, 0.5) is 5.69 Å². The summed E-state index contributed by atoms with van der Waals surface area (Å²) < 4.78 is 27.5. The minimum absolute atomic E-state index is 0.0139. The van der Waals surface area contributed by atoms with E-state index >= 15 is 0 Å². The van der Waals surface area contributed by atoms with Crippen LogP contribution < -0.4 is 5.32 Å². The van der Waals surface area contributed by atoms with Gasteiger partial charge < -0.3 is 5.32 Å². The zero-order valence-electron chi connectivity index (χ0n) is 18.3. The van der Waals surface area contributed by atoms with Gasteiger partial charge in [-0.2, -0.15) is 4.31 Å². The third-order valence-corrected chi connectivity index (χ3v) is 8.71. The number of hydrogen-bond donors (Lipinski definition) is 1. The summed E-state index contributed by atoms with van der Waals surface area (Å²) in [5.74, 6) is -1.11. The standard InChI is InChI=1S/C23H31N3O5S/c27-21(12-15-26-22(28)19-10-3-4-11-20(19)23(26)29)24-17-8-7-9-18(16-17)32(30,31)25-13-5-1-2-6-14-25/h7-9,16,19-20H,1-6,10-15H2,(H,24,27)/t19-,20-/m1/s1. The highest BCUT2D eigenvalue weighted by Gasteiger charge is 2.47. The predicted molar refractivity (Wildman–Crippen MR) is 119 cm³/mol. The normalized spacial score (nSPS) is 24.8. The summed E-state index contributed by atoms with van der Waals surface area (Å²) in [5.41, 5.74) is 0.388. The summed E-state index contributed by atoms with van der Waals surface area (Å²) in [6.45, 7) is 1.08. The molecule has 174 valence electrons. The third kappa shape index (κ3) is 4.73. The van der Waals surface area contributed by atoms with Crippen molar-refractivity contribution in [3.8, 4) is 0 Å². The van der Waals surface area contributed by atoms with Crippen LogP contribution in [0.1, 0.15) is 57.8 Å². The Labute approximate surface area is 189 Å². The molecule has 8 nitrogen and oxygen atoms in total. The second kappa shape index (κ2) is 9.70. The molecular weight excluding hydrogens is 430 g/mol. The number of sulfonamides is 1. The van der Waals surface area contributed by atoms with Crippen molar-refractivity contribution in [3.05, 3.63) is 24.3 Å². The quantitative estimate of drug-likeness (QED) is 0.656. The van der Waals surface area contributed by atoms with Crippen molar-refractivity contribution in [1.29, 1.82) is 0 Å². The van der Waals surface area contributed by atoms with E-state index in [0.29, 0.717) is 18.8 Å². The lowest BCUT2D eigenvalue weighted by atomic mass is 9.81. The average Bonchev–Trinajstić information content (AvgIpc) is 2.98. The number of anilines is 1. The summed E-state index contributed by atoms with van der Waals surface area (Å²) in [6.07, 6.45) is 7.18. The first-order chi connectivity index (χ1) is 15.4. The minimum Gasteiger partial charge on any atom is -0.326 e. The Morgan fingerprint density at radius 2 is 1.56 bits per heavy atom. The van der Waals surface area contributed by atoms with Gasteiger partial charge in [0, 0.05) is 31.7 Å². The van der Waals surface area contributed by atoms with Crippen molar-refractivity contribution in [3.63, 3.8) is 0 Å². The molecular formula is C23H31N3O5S. The van der Waals surface area contributed by atoms with Gasteiger partial charge in [-0.25, -0.2) is 8.42 Å². The molecule has 1 aromatic rings. The summed E-state index contributed by atoms with van der Waals surface area (Å²) in [4.78, 5) is 39.0. The number of nitrogens with zero attached hydrogens (tertiary/aromatic N) is 2. The molecule has 32 heavy (non-hydrogen) atoms. The molecule has 3 fully saturated rings. The largest absolute Gasteiger partial charge is 0.326 e. The lowest BCUT2D eigenvalue weighted by Gasteiger charge is -2.20. The van der Waals surface area contributed by atoms with Crippen LogP contribution in [0.15, 0.2) is 29.2 Å². The first-order valence-corrected chi connectivity index (χ1v) is 13.1. The zero-order valence-corrected chi connectivity index (χ0v) is 19.1. The summed E-state index contributed by atoms with van der Waals surface area (Å²) in [5, 5.41) is 2.71. The number of likely N-dealkylation sites (tertiary alicyclic amines) is 1. The van der Waals surface area contributed by atoms with Crippen LogP contribution in [0.25, 0.3) is 0 Å². The summed E-state index contributed by atoms with van der Waals surface area (Å²) in [6, 6.07) is 6.26. The van der Waals surface area contributed by atoms with Crippen LogP contribution in [-0.2, 0) is 24.4 Å². The maximum atomic E-state index is 13.0. The van der Waals surface area contributed by atoms with Gasteiger partial charge in [0.2, 0.25) is 27.7 Å². The summed E-state index contributed by atoms with van der Waals surface area (Å²) >= 11 is 0. The molecule has 1 saturated carbocycles. The fourth-order valence-electron chi connectivity index (χ4n) is 5.05. The van der Waals surface area contributed by atoms with E-state index in [1.54, 1.807) is 18.2 Å². The van der Waals surface area contributed by atoms with Gasteiger partial charge in [-0.05, 0) is 43.9 Å². The topological polar surface area (TPSA) is 104 Å². The maximum Gasteiger partial charge on any atom is 0.243 e. The molecule has 2 saturated heterocycles. The number of amides is 3. The van der Waals surface area contributed by atoms with Crippen molar-refractivity contribution < 1.29 is 22.8 Å². The molecule has 4 rings (SSSR count). The van der Waals surface area contributed by atoms with Crippen molar-refractivity contribution in [2.75, 3.05) is 25.0 Å². The maximum absolute atomic E-state index is 13.0. The molecule has 0 radical (unpaired) electrons. The fraction of sp³-hybridized carbons (Fsp3) is 0.609. The van der Waals surface area contributed by atoms with Gasteiger partial charge in [-0.15, -0.1) is 0 Å². The van der Waals surface area contributed by atoms with E-state index in [-0.39, 0.29) is 47.4 Å². The average molecular weight is 462 g/mol. The minimum atomic E-state index is -3.61. The van der Waals surface area contributed by atoms with Gasteiger partial charge in [0.05, 0.1) is 16.7 Å². The zero-order chi connectivity index (χ0) is 22.7. The number of carbonyl (C=O) groups is 3. The molecule has 1 aliphatic carbocycles. The summed E-state index contributed by atoms with van der Waals surface area (Å²) in [7, 11) is -3.61.